The van der Waals surface area contributed by atoms with Gasteiger partial charge in [0.05, 0.1) is 18.3 Å². The third-order valence-corrected chi connectivity index (χ3v) is 6.07. The monoisotopic (exact) mass is 432 g/mol. The number of carbonyl (C=O) groups excluding carboxylic acids is 2. The average molecular weight is 433 g/mol. The zero-order valence-corrected chi connectivity index (χ0v) is 19.5. The van der Waals surface area contributed by atoms with Gasteiger partial charge in [-0.1, -0.05) is 76.7 Å². The molecular weight excluding hydrogens is 392 g/mol. The quantitative estimate of drug-likeness (QED) is 0.154. The molecule has 0 radical (unpaired) electrons. The van der Waals surface area contributed by atoms with Gasteiger partial charge < -0.3 is 14.6 Å². The van der Waals surface area contributed by atoms with Gasteiger partial charge in [-0.3, -0.25) is 4.79 Å². The van der Waals surface area contributed by atoms with E-state index in [1.165, 1.54) is 38.5 Å². The first-order valence-corrected chi connectivity index (χ1v) is 12.0. The van der Waals surface area contributed by atoms with Gasteiger partial charge in [0, 0.05) is 18.4 Å². The topological polar surface area (TPSA) is 76.1 Å². The number of allylic oxidation sites excluding steroid dienone is 2. The van der Waals surface area contributed by atoms with E-state index in [1.54, 1.807) is 18.2 Å². The highest BCUT2D eigenvalue weighted by molar-refractivity contribution is 5.98. The number of epoxide rings is 1. The van der Waals surface area contributed by atoms with Crippen LogP contribution in [0.25, 0.3) is 0 Å². The van der Waals surface area contributed by atoms with E-state index >= 15 is 0 Å². The van der Waals surface area contributed by atoms with Crippen molar-refractivity contribution < 1.29 is 24.2 Å². The Morgan fingerprint density at radius 1 is 1.16 bits per heavy atom. The van der Waals surface area contributed by atoms with E-state index in [0.29, 0.717) is 24.2 Å². The molecule has 2 rings (SSSR count). The van der Waals surface area contributed by atoms with Crippen molar-refractivity contribution in [2.75, 3.05) is 0 Å². The molecule has 1 fully saturated rings. The van der Waals surface area contributed by atoms with Crippen molar-refractivity contribution in [1.82, 2.24) is 0 Å². The van der Waals surface area contributed by atoms with Gasteiger partial charge in [-0.25, -0.2) is 4.79 Å². The third kappa shape index (κ3) is 9.53. The van der Waals surface area contributed by atoms with Crippen LogP contribution in [0.4, 0.5) is 0 Å². The Morgan fingerprint density at radius 3 is 2.61 bits per heavy atom. The highest BCUT2D eigenvalue weighted by atomic mass is 16.6. The minimum atomic E-state index is -0.856. The molecule has 2 heterocycles. The molecule has 0 aromatic heterocycles. The van der Waals surface area contributed by atoms with Gasteiger partial charge in [0.1, 0.15) is 11.4 Å². The lowest BCUT2D eigenvalue weighted by Gasteiger charge is -2.17. The second kappa shape index (κ2) is 13.0. The fourth-order valence-corrected chi connectivity index (χ4v) is 3.87. The zero-order chi connectivity index (χ0) is 22.7. The van der Waals surface area contributed by atoms with Crippen LogP contribution in [0.15, 0.2) is 36.0 Å². The summed E-state index contributed by atoms with van der Waals surface area (Å²) in [6, 6.07) is 0. The van der Waals surface area contributed by atoms with Gasteiger partial charge in [0.15, 0.2) is 0 Å². The van der Waals surface area contributed by atoms with Crippen LogP contribution < -0.4 is 0 Å². The van der Waals surface area contributed by atoms with E-state index in [0.717, 1.165) is 12.8 Å². The largest absolute Gasteiger partial charge is 0.452 e. The minimum absolute atomic E-state index is 0.00811. The molecule has 4 atom stereocenters. The van der Waals surface area contributed by atoms with Gasteiger partial charge in [-0.05, 0) is 32.3 Å². The molecule has 0 spiro atoms. The lowest BCUT2D eigenvalue weighted by atomic mass is 9.99. The van der Waals surface area contributed by atoms with Crippen molar-refractivity contribution in [1.29, 1.82) is 0 Å². The minimum Gasteiger partial charge on any atom is -0.452 e. The first-order valence-electron chi connectivity index (χ1n) is 12.0. The number of cyclic esters (lactones) is 1. The number of hydrogen-bond donors (Lipinski definition) is 1. The first kappa shape index (κ1) is 25.5. The summed E-state index contributed by atoms with van der Waals surface area (Å²) in [4.78, 5) is 24.0. The number of ketones is 1. The van der Waals surface area contributed by atoms with Crippen LogP contribution in [0.2, 0.25) is 0 Å². The Morgan fingerprint density at radius 2 is 1.90 bits per heavy atom. The standard InChI is InChI=1S/C26H40O5/c1-4-6-7-8-9-12-15-23-24(30-23)16-13-10-11-14-21(27)18-22(28)17-20-19-26(3,5-2)31-25(20)29/h10-11,13-14,19,21,23-24,27H,4-9,12,15-18H2,1-3H3. The van der Waals surface area contributed by atoms with Crippen molar-refractivity contribution >= 4 is 11.8 Å². The molecule has 0 amide bonds. The molecule has 1 N–H and O–H groups in total. The van der Waals surface area contributed by atoms with E-state index in [1.807, 2.05) is 26.0 Å². The number of ether oxygens (including phenoxy) is 2. The predicted molar refractivity (Wildman–Crippen MR) is 123 cm³/mol. The van der Waals surface area contributed by atoms with Crippen molar-refractivity contribution in [2.45, 2.75) is 115 Å². The van der Waals surface area contributed by atoms with E-state index in [4.69, 9.17) is 9.47 Å². The van der Waals surface area contributed by atoms with Crippen molar-refractivity contribution in [3.8, 4) is 0 Å². The van der Waals surface area contributed by atoms with Crippen LogP contribution in [-0.4, -0.2) is 40.8 Å². The fraction of sp³-hybridized carbons (Fsp3) is 0.692. The number of unbranched alkanes of at least 4 members (excludes halogenated alkanes) is 5. The van der Waals surface area contributed by atoms with E-state index < -0.39 is 17.7 Å². The summed E-state index contributed by atoms with van der Waals surface area (Å²) < 4.78 is 11.0. The molecule has 4 unspecified atom stereocenters. The molecule has 0 aromatic carbocycles. The molecule has 2 aliphatic rings. The lowest BCUT2D eigenvalue weighted by molar-refractivity contribution is -0.146. The number of aliphatic hydroxyl groups is 1. The Labute approximate surface area is 187 Å². The summed E-state index contributed by atoms with van der Waals surface area (Å²) in [6.07, 6.45) is 19.5. The molecule has 0 aromatic rings. The van der Waals surface area contributed by atoms with Crippen molar-refractivity contribution in [3.63, 3.8) is 0 Å². The highest BCUT2D eigenvalue weighted by Gasteiger charge is 2.36. The van der Waals surface area contributed by atoms with Crippen LogP contribution in [0.3, 0.4) is 0 Å². The molecule has 0 aliphatic carbocycles. The van der Waals surface area contributed by atoms with Gasteiger partial charge in [0.2, 0.25) is 0 Å². The van der Waals surface area contributed by atoms with Crippen LogP contribution in [0, 0.1) is 0 Å². The number of rotatable bonds is 16. The summed E-state index contributed by atoms with van der Waals surface area (Å²) in [5.74, 6) is -0.601. The first-order chi connectivity index (χ1) is 14.9. The lowest BCUT2D eigenvalue weighted by Crippen LogP contribution is -2.22. The number of hydrogen-bond acceptors (Lipinski definition) is 5. The molecule has 1 saturated heterocycles. The number of esters is 1. The molecule has 174 valence electrons. The summed E-state index contributed by atoms with van der Waals surface area (Å²) in [5, 5.41) is 10.0. The molecule has 31 heavy (non-hydrogen) atoms. The Hall–Kier alpha value is -1.72. The van der Waals surface area contributed by atoms with Crippen molar-refractivity contribution in [2.24, 2.45) is 0 Å². The van der Waals surface area contributed by atoms with Gasteiger partial charge in [0.25, 0.3) is 0 Å². The molecular formula is C26H40O5. The van der Waals surface area contributed by atoms with Crippen LogP contribution in [-0.2, 0) is 19.1 Å². The Balaban J connectivity index is 1.56. The van der Waals surface area contributed by atoms with Crippen molar-refractivity contribution in [3.05, 3.63) is 36.0 Å². The smallest absolute Gasteiger partial charge is 0.335 e. The Bertz CT molecular complexity index is 677. The second-order valence-electron chi connectivity index (χ2n) is 9.03. The van der Waals surface area contributed by atoms with Gasteiger partial charge in [-0.15, -0.1) is 0 Å². The Kier molecular flexibility index (Phi) is 10.7. The third-order valence-electron chi connectivity index (χ3n) is 6.07. The maximum absolute atomic E-state index is 12.2. The normalized spacial score (nSPS) is 26.5. The summed E-state index contributed by atoms with van der Waals surface area (Å²) >= 11 is 0. The number of Topliss-reactive ketones (excluding diaryl/α,β-unsaturated/α-hetero) is 1. The second-order valence-corrected chi connectivity index (χ2v) is 9.03. The van der Waals surface area contributed by atoms with Crippen LogP contribution >= 0.6 is 0 Å². The van der Waals surface area contributed by atoms with Gasteiger partial charge >= 0.3 is 5.97 Å². The SMILES string of the molecule is CCCCCCCCC1OC1CC=CC=CC(O)CC(=O)CC1=CC(C)(CC)OC1=O. The maximum atomic E-state index is 12.2. The maximum Gasteiger partial charge on any atom is 0.335 e. The fourth-order valence-electron chi connectivity index (χ4n) is 3.87. The molecule has 5 heteroatoms. The summed E-state index contributed by atoms with van der Waals surface area (Å²) in [7, 11) is 0. The average Bonchev–Trinajstić information content (AvgIpc) is 3.40. The summed E-state index contributed by atoms with van der Waals surface area (Å²) in [5.41, 5.74) is -0.222. The highest BCUT2D eigenvalue weighted by Crippen LogP contribution is 2.31. The molecule has 0 bridgehead atoms. The number of aliphatic hydroxyl groups excluding tert-OH is 1. The van der Waals surface area contributed by atoms with Crippen LogP contribution in [0.5, 0.6) is 0 Å². The molecule has 2 aliphatic heterocycles. The van der Waals surface area contributed by atoms with Crippen LogP contribution in [0.1, 0.15) is 91.4 Å². The van der Waals surface area contributed by atoms with E-state index in [-0.39, 0.29) is 18.6 Å². The van der Waals surface area contributed by atoms with Gasteiger partial charge in [-0.2, -0.15) is 0 Å². The molecule has 5 nitrogen and oxygen atoms in total. The van der Waals surface area contributed by atoms with E-state index in [2.05, 4.69) is 6.92 Å². The zero-order valence-electron chi connectivity index (χ0n) is 19.5. The predicted octanol–water partition coefficient (Wildman–Crippen LogP) is 5.37. The van der Waals surface area contributed by atoms with E-state index in [9.17, 15) is 14.7 Å². The molecule has 0 saturated carbocycles. The number of carbonyl (C=O) groups is 2. The summed E-state index contributed by atoms with van der Waals surface area (Å²) in [6.45, 7) is 6.00.